The van der Waals surface area contributed by atoms with Crippen LogP contribution in [0.15, 0.2) is 71.0 Å². The number of thioether (sulfide) groups is 1. The van der Waals surface area contributed by atoms with Crippen LogP contribution in [-0.4, -0.2) is 33.5 Å². The van der Waals surface area contributed by atoms with E-state index in [1.165, 1.54) is 0 Å². The first-order chi connectivity index (χ1) is 20.7. The molecule has 3 aromatic carbocycles. The fourth-order valence-electron chi connectivity index (χ4n) is 4.83. The number of ether oxygens (including phenoxy) is 2. The summed E-state index contributed by atoms with van der Waals surface area (Å²) in [5.74, 6) is 2.27. The Morgan fingerprint density at radius 3 is 2.65 bits per heavy atom. The minimum Gasteiger partial charge on any atom is -0.493 e. The zero-order valence-electron chi connectivity index (χ0n) is 24.6. The number of benzene rings is 3. The van der Waals surface area contributed by atoms with Crippen LogP contribution in [0, 0.1) is 13.8 Å². The Morgan fingerprint density at radius 2 is 1.91 bits per heavy atom. The van der Waals surface area contributed by atoms with Gasteiger partial charge in [-0.25, -0.2) is 4.68 Å². The Hall–Kier alpha value is -3.66. The van der Waals surface area contributed by atoms with Gasteiger partial charge in [0.2, 0.25) is 11.1 Å². The highest BCUT2D eigenvalue weighted by atomic mass is 35.5. The van der Waals surface area contributed by atoms with Crippen LogP contribution < -0.4 is 20.1 Å². The summed E-state index contributed by atoms with van der Waals surface area (Å²) in [6.07, 6.45) is 0.992. The molecule has 8 nitrogen and oxygen atoms in total. The highest BCUT2D eigenvalue weighted by molar-refractivity contribution is 7.99. The number of aromatic nitrogens is 3. The van der Waals surface area contributed by atoms with Crippen LogP contribution in [-0.2, 0) is 11.4 Å². The molecule has 224 valence electrons. The second kappa shape index (κ2) is 13.3. The molecule has 0 spiro atoms. The van der Waals surface area contributed by atoms with E-state index in [9.17, 15) is 4.79 Å². The van der Waals surface area contributed by atoms with Gasteiger partial charge in [0.05, 0.1) is 12.7 Å². The Kier molecular flexibility index (Phi) is 9.54. The van der Waals surface area contributed by atoms with Crippen molar-refractivity contribution in [3.63, 3.8) is 0 Å². The van der Waals surface area contributed by atoms with E-state index < -0.39 is 6.04 Å². The molecule has 11 heteroatoms. The fourth-order valence-corrected chi connectivity index (χ4v) is 5.98. The lowest BCUT2D eigenvalue weighted by Gasteiger charge is -2.29. The third-order valence-electron chi connectivity index (χ3n) is 7.27. The lowest BCUT2D eigenvalue weighted by Crippen LogP contribution is -2.31. The number of allylic oxidation sites excluding steroid dienone is 1. The van der Waals surface area contributed by atoms with E-state index >= 15 is 0 Å². The highest BCUT2D eigenvalue weighted by Gasteiger charge is 2.35. The van der Waals surface area contributed by atoms with Gasteiger partial charge in [-0.1, -0.05) is 66.2 Å². The van der Waals surface area contributed by atoms with Crippen molar-refractivity contribution in [2.75, 3.05) is 23.5 Å². The second-order valence-electron chi connectivity index (χ2n) is 10.2. The molecule has 0 saturated carbocycles. The molecule has 5 rings (SSSR count). The van der Waals surface area contributed by atoms with Gasteiger partial charge in [0.15, 0.2) is 11.5 Å². The number of rotatable bonds is 10. The molecule has 1 amide bonds. The normalized spacial score (nSPS) is 14.3. The van der Waals surface area contributed by atoms with Crippen LogP contribution in [0.5, 0.6) is 11.5 Å². The lowest BCUT2D eigenvalue weighted by atomic mass is 9.94. The number of aryl methyl sites for hydroxylation is 1. The largest absolute Gasteiger partial charge is 0.493 e. The molecule has 0 fully saturated rings. The van der Waals surface area contributed by atoms with Crippen LogP contribution in [0.4, 0.5) is 11.6 Å². The summed E-state index contributed by atoms with van der Waals surface area (Å²) < 4.78 is 13.6. The average molecular weight is 639 g/mol. The number of nitrogens with one attached hydrogen (secondary N) is 2. The number of methoxy groups -OCH3 is 1. The zero-order valence-corrected chi connectivity index (χ0v) is 27.0. The van der Waals surface area contributed by atoms with Crippen molar-refractivity contribution in [2.24, 2.45) is 0 Å². The molecular formula is C32H33Cl2N5O3S. The molecule has 43 heavy (non-hydrogen) atoms. The number of halogens is 2. The Morgan fingerprint density at radius 1 is 1.09 bits per heavy atom. The van der Waals surface area contributed by atoms with Gasteiger partial charge >= 0.3 is 0 Å². The summed E-state index contributed by atoms with van der Waals surface area (Å²) in [6.45, 7) is 8.24. The number of hydrogen-bond acceptors (Lipinski definition) is 7. The van der Waals surface area contributed by atoms with E-state index in [1.54, 1.807) is 35.7 Å². The first kappa shape index (κ1) is 30.8. The maximum atomic E-state index is 14.0. The minimum absolute atomic E-state index is 0.229. The van der Waals surface area contributed by atoms with E-state index in [1.807, 2.05) is 63.2 Å². The van der Waals surface area contributed by atoms with Crippen molar-refractivity contribution >= 4 is 52.5 Å². The molecule has 1 aromatic heterocycles. The first-order valence-electron chi connectivity index (χ1n) is 13.9. The number of carbonyl (C=O) groups is 1. The van der Waals surface area contributed by atoms with Crippen molar-refractivity contribution in [1.82, 2.24) is 14.8 Å². The zero-order chi connectivity index (χ0) is 30.7. The molecule has 1 atom stereocenters. The minimum atomic E-state index is -0.571. The topological polar surface area (TPSA) is 90.3 Å². The molecule has 0 radical (unpaired) electrons. The van der Waals surface area contributed by atoms with E-state index in [2.05, 4.69) is 17.6 Å². The van der Waals surface area contributed by atoms with E-state index in [-0.39, 0.29) is 12.5 Å². The summed E-state index contributed by atoms with van der Waals surface area (Å²) in [7, 11) is 1.58. The molecular weight excluding hydrogens is 605 g/mol. The Labute approximate surface area is 265 Å². The molecule has 4 aromatic rings. The maximum Gasteiger partial charge on any atom is 0.255 e. The summed E-state index contributed by atoms with van der Waals surface area (Å²) in [4.78, 5) is 18.7. The third-order valence-corrected chi connectivity index (χ3v) is 8.90. The predicted octanol–water partition coefficient (Wildman–Crippen LogP) is 8.22. The van der Waals surface area contributed by atoms with Gasteiger partial charge in [-0.2, -0.15) is 4.98 Å². The first-order valence-corrected chi connectivity index (χ1v) is 15.6. The number of nitrogens with zero attached hydrogens (tertiary/aromatic N) is 3. The van der Waals surface area contributed by atoms with Gasteiger partial charge in [0, 0.05) is 32.7 Å². The molecule has 2 heterocycles. The molecule has 2 N–H and O–H groups in total. The Bertz CT molecular complexity index is 1700. The van der Waals surface area contributed by atoms with Crippen LogP contribution in [0.25, 0.3) is 0 Å². The van der Waals surface area contributed by atoms with Gasteiger partial charge in [-0.15, -0.1) is 5.10 Å². The lowest BCUT2D eigenvalue weighted by molar-refractivity contribution is -0.113. The van der Waals surface area contributed by atoms with Crippen LogP contribution >= 0.6 is 35.0 Å². The van der Waals surface area contributed by atoms with Crippen molar-refractivity contribution < 1.29 is 14.3 Å². The quantitative estimate of drug-likeness (QED) is 0.169. The summed E-state index contributed by atoms with van der Waals surface area (Å²) >= 11 is 14.0. The third kappa shape index (κ3) is 6.64. The van der Waals surface area contributed by atoms with Crippen molar-refractivity contribution in [3.8, 4) is 11.5 Å². The smallest absolute Gasteiger partial charge is 0.255 e. The predicted molar refractivity (Wildman–Crippen MR) is 174 cm³/mol. The standard InChI is InChI=1S/C32H33Cl2N5O3S/c1-6-14-43-32-37-31-35-20(4)28(30(40)36-25-9-7-8-18(2)19(25)3)29(39(31)38-32)21-11-13-26(27(15-21)41-5)42-17-22-10-12-23(33)16-24(22)34/h7-13,15-16,29H,6,14,17H2,1-5H3,(H,36,40)(H,35,37,38). The molecule has 1 unspecified atom stereocenters. The Balaban J connectivity index is 1.52. The molecule has 0 saturated heterocycles. The monoisotopic (exact) mass is 637 g/mol. The summed E-state index contributed by atoms with van der Waals surface area (Å²) in [5.41, 5.74) is 5.67. The van der Waals surface area contributed by atoms with E-state index in [4.69, 9.17) is 42.8 Å². The molecule has 0 aliphatic carbocycles. The highest BCUT2D eigenvalue weighted by Crippen LogP contribution is 2.40. The van der Waals surface area contributed by atoms with Gasteiger partial charge in [-0.3, -0.25) is 4.79 Å². The SMILES string of the molecule is CCCSc1nc2n(n1)C(c1ccc(OCc3ccc(Cl)cc3Cl)c(OC)c1)C(C(=O)Nc1cccc(C)c1C)=C(C)N2. The fraction of sp³-hybridized carbons (Fsp3) is 0.281. The summed E-state index contributed by atoms with van der Waals surface area (Å²) in [5, 5.41) is 13.0. The summed E-state index contributed by atoms with van der Waals surface area (Å²) in [6, 6.07) is 16.2. The molecule has 0 bridgehead atoms. The van der Waals surface area contributed by atoms with Gasteiger partial charge in [-0.05, 0) is 74.2 Å². The van der Waals surface area contributed by atoms with Gasteiger partial charge in [0.1, 0.15) is 12.6 Å². The van der Waals surface area contributed by atoms with E-state index in [0.29, 0.717) is 43.9 Å². The van der Waals surface area contributed by atoms with Crippen molar-refractivity contribution in [3.05, 3.63) is 98.2 Å². The number of amides is 1. The number of hydrogen-bond donors (Lipinski definition) is 2. The number of anilines is 2. The second-order valence-corrected chi connectivity index (χ2v) is 12.1. The molecule has 1 aliphatic rings. The van der Waals surface area contributed by atoms with Crippen molar-refractivity contribution in [2.45, 2.75) is 51.9 Å². The number of fused-ring (bicyclic) bond motifs is 1. The van der Waals surface area contributed by atoms with Gasteiger partial charge in [0.25, 0.3) is 5.91 Å². The van der Waals surface area contributed by atoms with Crippen LogP contribution in [0.3, 0.4) is 0 Å². The van der Waals surface area contributed by atoms with E-state index in [0.717, 1.165) is 40.1 Å². The van der Waals surface area contributed by atoms with Crippen LogP contribution in [0.1, 0.15) is 48.6 Å². The van der Waals surface area contributed by atoms with Gasteiger partial charge < -0.3 is 20.1 Å². The molecule has 1 aliphatic heterocycles. The average Bonchev–Trinajstić information content (AvgIpc) is 3.39. The number of carbonyl (C=O) groups excluding carboxylic acids is 1. The maximum absolute atomic E-state index is 14.0. The van der Waals surface area contributed by atoms with Crippen LogP contribution in [0.2, 0.25) is 10.0 Å². The van der Waals surface area contributed by atoms with Crippen molar-refractivity contribution in [1.29, 1.82) is 0 Å².